The Morgan fingerprint density at radius 1 is 0.923 bits per heavy atom. The van der Waals surface area contributed by atoms with Gasteiger partial charge in [0.05, 0.1) is 16.7 Å². The largest absolute Gasteiger partial charge is 0.465 e. The molecule has 3 aromatic rings. The molecule has 5 nitrogen and oxygen atoms in total. The van der Waals surface area contributed by atoms with Crippen LogP contribution in [0.25, 0.3) is 10.8 Å². The van der Waals surface area contributed by atoms with E-state index >= 15 is 0 Å². The normalized spacial score (nSPS) is 12.6. The quantitative estimate of drug-likeness (QED) is 0.697. The van der Waals surface area contributed by atoms with Crippen molar-refractivity contribution in [3.63, 3.8) is 0 Å². The summed E-state index contributed by atoms with van der Waals surface area (Å²) < 4.78 is 25.2. The van der Waals surface area contributed by atoms with Crippen LogP contribution >= 0.6 is 0 Å². The molecule has 0 spiro atoms. The van der Waals surface area contributed by atoms with E-state index in [-0.39, 0.29) is 10.6 Å². The predicted octanol–water partition coefficient (Wildman–Crippen LogP) is 3.49. The van der Waals surface area contributed by atoms with Gasteiger partial charge in [-0.25, -0.2) is 13.2 Å². The molecule has 0 saturated heterocycles. The third-order valence-electron chi connectivity index (χ3n) is 4.15. The van der Waals surface area contributed by atoms with E-state index in [4.69, 9.17) is 5.11 Å². The number of fused-ring (bicyclic) bond motifs is 1. The Morgan fingerprint density at radius 2 is 1.58 bits per heavy atom. The molecule has 0 fully saturated rings. The van der Waals surface area contributed by atoms with Crippen molar-refractivity contribution in [3.05, 3.63) is 78.4 Å². The van der Waals surface area contributed by atoms with Crippen LogP contribution in [0.15, 0.2) is 77.7 Å². The lowest BCUT2D eigenvalue weighted by molar-refractivity contribution is 0.191. The standard InChI is InChI=1S/C20H19NO4S/c22-20(23)21-18(14-26(24,25)19-8-2-1-3-9-19)13-15-10-11-16-6-4-5-7-17(16)12-15/h1-12,18,21H,13-14H2,(H,22,23)/t18-/m1/s1. The average Bonchev–Trinajstić information content (AvgIpc) is 2.61. The third kappa shape index (κ3) is 4.40. The number of carbonyl (C=O) groups is 1. The molecule has 2 N–H and O–H groups in total. The number of rotatable bonds is 6. The lowest BCUT2D eigenvalue weighted by Gasteiger charge is -2.17. The summed E-state index contributed by atoms with van der Waals surface area (Å²) >= 11 is 0. The maximum atomic E-state index is 12.6. The van der Waals surface area contributed by atoms with Crippen LogP contribution in [0, 0.1) is 0 Å². The monoisotopic (exact) mass is 369 g/mol. The molecule has 0 saturated carbocycles. The van der Waals surface area contributed by atoms with Crippen molar-refractivity contribution in [2.45, 2.75) is 17.4 Å². The fourth-order valence-electron chi connectivity index (χ4n) is 2.97. The number of nitrogens with one attached hydrogen (secondary N) is 1. The molecule has 0 aliphatic heterocycles. The first-order valence-corrected chi connectivity index (χ1v) is 9.84. The van der Waals surface area contributed by atoms with Crippen molar-refractivity contribution in [3.8, 4) is 0 Å². The van der Waals surface area contributed by atoms with Crippen molar-refractivity contribution in [2.24, 2.45) is 0 Å². The summed E-state index contributed by atoms with van der Waals surface area (Å²) in [6.45, 7) is 0. The van der Waals surface area contributed by atoms with Gasteiger partial charge >= 0.3 is 6.09 Å². The summed E-state index contributed by atoms with van der Waals surface area (Å²) in [5.74, 6) is -0.295. The molecule has 0 heterocycles. The van der Waals surface area contributed by atoms with Gasteiger partial charge in [0.15, 0.2) is 9.84 Å². The van der Waals surface area contributed by atoms with Gasteiger partial charge in [0.1, 0.15) is 0 Å². The Labute approximate surface area is 152 Å². The van der Waals surface area contributed by atoms with Gasteiger partial charge in [0.2, 0.25) is 0 Å². The lowest BCUT2D eigenvalue weighted by atomic mass is 10.0. The van der Waals surface area contributed by atoms with Gasteiger partial charge in [-0.05, 0) is 34.9 Å². The van der Waals surface area contributed by atoms with Crippen LogP contribution in [0.1, 0.15) is 5.56 Å². The first-order chi connectivity index (χ1) is 12.4. The highest BCUT2D eigenvalue weighted by molar-refractivity contribution is 7.91. The highest BCUT2D eigenvalue weighted by Crippen LogP contribution is 2.18. The van der Waals surface area contributed by atoms with Crippen molar-refractivity contribution in [1.82, 2.24) is 5.32 Å². The highest BCUT2D eigenvalue weighted by atomic mass is 32.2. The molecule has 0 radical (unpaired) electrons. The van der Waals surface area contributed by atoms with Gasteiger partial charge in [-0.2, -0.15) is 0 Å². The molecule has 134 valence electrons. The minimum absolute atomic E-state index is 0.190. The maximum Gasteiger partial charge on any atom is 0.404 e. The Hall–Kier alpha value is -2.86. The van der Waals surface area contributed by atoms with Gasteiger partial charge in [0, 0.05) is 0 Å². The van der Waals surface area contributed by atoms with Gasteiger partial charge in [0.25, 0.3) is 0 Å². The van der Waals surface area contributed by atoms with E-state index in [1.807, 2.05) is 42.5 Å². The van der Waals surface area contributed by atoms with Crippen LogP contribution in [-0.2, 0) is 16.3 Å². The van der Waals surface area contributed by atoms with Crippen molar-refractivity contribution in [1.29, 1.82) is 0 Å². The fourth-order valence-corrected chi connectivity index (χ4v) is 4.46. The van der Waals surface area contributed by atoms with Crippen LogP contribution in [0.3, 0.4) is 0 Å². The van der Waals surface area contributed by atoms with Crippen molar-refractivity contribution >= 4 is 26.7 Å². The number of amides is 1. The second-order valence-electron chi connectivity index (χ2n) is 6.13. The van der Waals surface area contributed by atoms with Crippen molar-refractivity contribution < 1.29 is 18.3 Å². The molecule has 6 heteroatoms. The molecule has 1 atom stereocenters. The molecule has 3 rings (SSSR count). The van der Waals surface area contributed by atoms with Crippen LogP contribution < -0.4 is 5.32 Å². The number of hydrogen-bond donors (Lipinski definition) is 2. The van der Waals surface area contributed by atoms with E-state index in [2.05, 4.69) is 5.32 Å². The van der Waals surface area contributed by atoms with E-state index in [0.29, 0.717) is 6.42 Å². The molecule has 0 aliphatic rings. The topological polar surface area (TPSA) is 83.5 Å². The third-order valence-corrected chi connectivity index (χ3v) is 5.98. The number of sulfone groups is 1. The summed E-state index contributed by atoms with van der Waals surface area (Å²) in [6.07, 6.45) is -0.942. The van der Waals surface area contributed by atoms with Gasteiger partial charge in [-0.1, -0.05) is 60.7 Å². The summed E-state index contributed by atoms with van der Waals surface area (Å²) in [4.78, 5) is 11.3. The van der Waals surface area contributed by atoms with Gasteiger partial charge in [-0.15, -0.1) is 0 Å². The van der Waals surface area contributed by atoms with Crippen LogP contribution in [0.4, 0.5) is 4.79 Å². The molecular formula is C20H19NO4S. The zero-order valence-corrected chi connectivity index (χ0v) is 14.8. The van der Waals surface area contributed by atoms with E-state index in [9.17, 15) is 13.2 Å². The molecule has 1 amide bonds. The van der Waals surface area contributed by atoms with Crippen LogP contribution in [0.5, 0.6) is 0 Å². The first kappa shape index (κ1) is 17.9. The van der Waals surface area contributed by atoms with Crippen LogP contribution in [-0.4, -0.2) is 31.4 Å². The van der Waals surface area contributed by atoms with Crippen molar-refractivity contribution in [2.75, 3.05) is 5.75 Å². The van der Waals surface area contributed by atoms with Gasteiger partial charge in [-0.3, -0.25) is 0 Å². The maximum absolute atomic E-state index is 12.6. The highest BCUT2D eigenvalue weighted by Gasteiger charge is 2.23. The summed E-state index contributed by atoms with van der Waals surface area (Å²) in [7, 11) is -3.59. The van der Waals surface area contributed by atoms with E-state index in [0.717, 1.165) is 16.3 Å². The Balaban J connectivity index is 1.84. The lowest BCUT2D eigenvalue weighted by Crippen LogP contribution is -2.40. The second-order valence-corrected chi connectivity index (χ2v) is 8.16. The molecule has 0 aliphatic carbocycles. The summed E-state index contributed by atoms with van der Waals surface area (Å²) in [5.41, 5.74) is 0.880. The van der Waals surface area contributed by atoms with E-state index < -0.39 is 22.0 Å². The Bertz CT molecular complexity index is 1020. The number of benzene rings is 3. The average molecular weight is 369 g/mol. The second kappa shape index (κ2) is 7.58. The Kier molecular flexibility index (Phi) is 5.23. The molecule has 26 heavy (non-hydrogen) atoms. The first-order valence-electron chi connectivity index (χ1n) is 8.19. The smallest absolute Gasteiger partial charge is 0.404 e. The summed E-state index contributed by atoms with van der Waals surface area (Å²) in [6, 6.07) is 21.0. The number of hydrogen-bond acceptors (Lipinski definition) is 3. The fraction of sp³-hybridized carbons (Fsp3) is 0.150. The zero-order chi connectivity index (χ0) is 18.6. The molecular weight excluding hydrogens is 350 g/mol. The minimum atomic E-state index is -3.59. The predicted molar refractivity (Wildman–Crippen MR) is 101 cm³/mol. The molecule has 3 aromatic carbocycles. The van der Waals surface area contributed by atoms with E-state index in [1.54, 1.807) is 18.2 Å². The summed E-state index contributed by atoms with van der Waals surface area (Å²) in [5, 5.41) is 13.5. The molecule has 0 aromatic heterocycles. The Morgan fingerprint density at radius 3 is 2.27 bits per heavy atom. The molecule has 0 unspecified atom stereocenters. The van der Waals surface area contributed by atoms with Gasteiger partial charge < -0.3 is 10.4 Å². The zero-order valence-electron chi connectivity index (χ0n) is 14.0. The van der Waals surface area contributed by atoms with E-state index in [1.165, 1.54) is 12.1 Å². The molecule has 0 bridgehead atoms. The van der Waals surface area contributed by atoms with Crippen LogP contribution in [0.2, 0.25) is 0 Å². The minimum Gasteiger partial charge on any atom is -0.465 e. The number of carboxylic acid groups (broad SMARTS) is 1. The SMILES string of the molecule is O=C(O)N[C@H](Cc1ccc2ccccc2c1)CS(=O)(=O)c1ccccc1.